The van der Waals surface area contributed by atoms with Crippen molar-refractivity contribution in [2.45, 2.75) is 12.1 Å². The summed E-state index contributed by atoms with van der Waals surface area (Å²) in [4.78, 5) is 23.3. The second-order valence-corrected chi connectivity index (χ2v) is 5.03. The number of nitrogens with zero attached hydrogens (tertiary/aromatic N) is 1. The SMILES string of the molecule is CN(Cc1ccc(C(=O)O)cc1)C(=O)CSC(F)(F)F. The molecule has 0 saturated heterocycles. The van der Waals surface area contributed by atoms with Crippen molar-refractivity contribution in [3.05, 3.63) is 35.4 Å². The van der Waals surface area contributed by atoms with Gasteiger partial charge in [-0.25, -0.2) is 4.79 Å². The van der Waals surface area contributed by atoms with E-state index in [1.54, 1.807) is 0 Å². The van der Waals surface area contributed by atoms with E-state index >= 15 is 0 Å². The van der Waals surface area contributed by atoms with Crippen LogP contribution in [-0.4, -0.2) is 40.2 Å². The molecule has 0 spiro atoms. The van der Waals surface area contributed by atoms with E-state index in [9.17, 15) is 22.8 Å². The fourth-order valence-corrected chi connectivity index (χ4v) is 1.88. The summed E-state index contributed by atoms with van der Waals surface area (Å²) in [5.74, 6) is -2.38. The molecule has 0 atom stereocenters. The van der Waals surface area contributed by atoms with E-state index in [0.717, 1.165) is 4.90 Å². The molecular weight excluding hydrogens is 295 g/mol. The molecule has 0 radical (unpaired) electrons. The summed E-state index contributed by atoms with van der Waals surface area (Å²) < 4.78 is 35.9. The first-order valence-corrected chi connectivity index (χ1v) is 6.44. The number of carboxylic acid groups (broad SMARTS) is 1. The van der Waals surface area contributed by atoms with Gasteiger partial charge in [0.2, 0.25) is 5.91 Å². The van der Waals surface area contributed by atoms with E-state index in [0.29, 0.717) is 5.56 Å². The summed E-state index contributed by atoms with van der Waals surface area (Å²) in [6, 6.07) is 5.79. The van der Waals surface area contributed by atoms with Crippen LogP contribution in [0.15, 0.2) is 24.3 Å². The minimum Gasteiger partial charge on any atom is -0.478 e. The molecule has 0 unspecified atom stereocenters. The van der Waals surface area contributed by atoms with Crippen LogP contribution in [0.4, 0.5) is 13.2 Å². The van der Waals surface area contributed by atoms with Gasteiger partial charge in [-0.3, -0.25) is 4.79 Å². The average molecular weight is 307 g/mol. The summed E-state index contributed by atoms with van der Waals surface area (Å²) in [6.45, 7) is 0.122. The molecule has 20 heavy (non-hydrogen) atoms. The molecule has 8 heteroatoms. The second-order valence-electron chi connectivity index (χ2n) is 3.99. The minimum atomic E-state index is -4.43. The van der Waals surface area contributed by atoms with Gasteiger partial charge in [0.15, 0.2) is 0 Å². The molecule has 0 aliphatic heterocycles. The number of halogens is 3. The molecule has 0 aliphatic carbocycles. The summed E-state index contributed by atoms with van der Waals surface area (Å²) in [6.07, 6.45) is 0. The second kappa shape index (κ2) is 6.65. The lowest BCUT2D eigenvalue weighted by atomic mass is 10.1. The van der Waals surface area contributed by atoms with E-state index in [4.69, 9.17) is 5.11 Å². The van der Waals surface area contributed by atoms with Gasteiger partial charge in [0.25, 0.3) is 0 Å². The van der Waals surface area contributed by atoms with Crippen LogP contribution < -0.4 is 0 Å². The highest BCUT2D eigenvalue weighted by Crippen LogP contribution is 2.30. The van der Waals surface area contributed by atoms with Crippen molar-refractivity contribution in [3.63, 3.8) is 0 Å². The first-order valence-electron chi connectivity index (χ1n) is 5.46. The number of hydrogen-bond acceptors (Lipinski definition) is 3. The summed E-state index contributed by atoms with van der Waals surface area (Å²) >= 11 is -0.382. The average Bonchev–Trinajstić information content (AvgIpc) is 2.35. The fourth-order valence-electron chi connectivity index (χ4n) is 1.37. The lowest BCUT2D eigenvalue weighted by molar-refractivity contribution is -0.127. The zero-order valence-electron chi connectivity index (χ0n) is 10.5. The Labute approximate surface area is 117 Å². The first-order chi connectivity index (χ1) is 9.19. The molecule has 0 saturated carbocycles. The molecule has 1 aromatic carbocycles. The van der Waals surface area contributed by atoms with Gasteiger partial charge >= 0.3 is 11.5 Å². The molecule has 0 heterocycles. The van der Waals surface area contributed by atoms with Crippen molar-refractivity contribution in [2.75, 3.05) is 12.8 Å². The molecule has 0 fully saturated rings. The Hall–Kier alpha value is -1.70. The lowest BCUT2D eigenvalue weighted by Crippen LogP contribution is -2.28. The van der Waals surface area contributed by atoms with Crippen LogP contribution in [0.3, 0.4) is 0 Å². The molecule has 0 bridgehead atoms. The third kappa shape index (κ3) is 5.52. The van der Waals surface area contributed by atoms with Gasteiger partial charge in [-0.1, -0.05) is 12.1 Å². The van der Waals surface area contributed by atoms with Crippen molar-refractivity contribution in [3.8, 4) is 0 Å². The van der Waals surface area contributed by atoms with E-state index in [1.165, 1.54) is 31.3 Å². The van der Waals surface area contributed by atoms with Crippen molar-refractivity contribution >= 4 is 23.6 Å². The van der Waals surface area contributed by atoms with Crippen LogP contribution in [0.5, 0.6) is 0 Å². The zero-order valence-corrected chi connectivity index (χ0v) is 11.3. The minimum absolute atomic E-state index is 0.107. The maximum Gasteiger partial charge on any atom is 0.442 e. The van der Waals surface area contributed by atoms with E-state index in [2.05, 4.69) is 0 Å². The smallest absolute Gasteiger partial charge is 0.442 e. The standard InChI is InChI=1S/C12H12F3NO3S/c1-16(10(17)7-20-12(13,14)15)6-8-2-4-9(5-3-8)11(18)19/h2-5H,6-7H2,1H3,(H,18,19). The van der Waals surface area contributed by atoms with Gasteiger partial charge in [-0.15, -0.1) is 0 Å². The third-order valence-corrected chi connectivity index (χ3v) is 3.12. The number of carbonyl (C=O) groups excluding carboxylic acids is 1. The van der Waals surface area contributed by atoms with Crippen LogP contribution in [-0.2, 0) is 11.3 Å². The van der Waals surface area contributed by atoms with Crippen LogP contribution in [0, 0.1) is 0 Å². The van der Waals surface area contributed by atoms with Gasteiger partial charge in [0.05, 0.1) is 11.3 Å². The van der Waals surface area contributed by atoms with Crippen molar-refractivity contribution in [1.29, 1.82) is 0 Å². The van der Waals surface area contributed by atoms with Crippen molar-refractivity contribution in [2.24, 2.45) is 0 Å². The maximum atomic E-state index is 12.0. The maximum absolute atomic E-state index is 12.0. The zero-order chi connectivity index (χ0) is 15.3. The number of aromatic carboxylic acids is 1. The molecule has 4 nitrogen and oxygen atoms in total. The third-order valence-electron chi connectivity index (χ3n) is 2.41. The van der Waals surface area contributed by atoms with Crippen molar-refractivity contribution < 1.29 is 27.9 Å². The first kappa shape index (κ1) is 16.4. The molecular formula is C12H12F3NO3S. The number of carboxylic acids is 1. The molecule has 0 aromatic heterocycles. The number of carbonyl (C=O) groups is 2. The molecule has 110 valence electrons. The van der Waals surface area contributed by atoms with Crippen LogP contribution in [0.2, 0.25) is 0 Å². The van der Waals surface area contributed by atoms with Gasteiger partial charge in [0, 0.05) is 13.6 Å². The molecule has 0 aliphatic rings. The number of amides is 1. The molecule has 1 rings (SSSR count). The van der Waals surface area contributed by atoms with Crippen LogP contribution in [0.25, 0.3) is 0 Å². The molecule has 1 amide bonds. The predicted octanol–water partition coefficient (Wildman–Crippen LogP) is 2.60. The quantitative estimate of drug-likeness (QED) is 0.908. The monoisotopic (exact) mass is 307 g/mol. The number of rotatable bonds is 5. The van der Waals surface area contributed by atoms with Crippen molar-refractivity contribution in [1.82, 2.24) is 4.90 Å². The Morgan fingerprint density at radius 1 is 1.25 bits per heavy atom. The Balaban J connectivity index is 2.55. The Morgan fingerprint density at radius 2 is 1.80 bits per heavy atom. The van der Waals surface area contributed by atoms with E-state index in [-0.39, 0.29) is 23.9 Å². The van der Waals surface area contributed by atoms with E-state index in [1.807, 2.05) is 0 Å². The van der Waals surface area contributed by atoms with E-state index < -0.39 is 23.1 Å². The summed E-state index contributed by atoms with van der Waals surface area (Å²) in [7, 11) is 1.39. The summed E-state index contributed by atoms with van der Waals surface area (Å²) in [5, 5.41) is 8.72. The number of hydrogen-bond donors (Lipinski definition) is 1. The highest BCUT2D eigenvalue weighted by atomic mass is 32.2. The fraction of sp³-hybridized carbons (Fsp3) is 0.333. The number of alkyl halides is 3. The van der Waals surface area contributed by atoms with Crippen LogP contribution >= 0.6 is 11.8 Å². The Morgan fingerprint density at radius 3 is 2.25 bits per heavy atom. The topological polar surface area (TPSA) is 57.6 Å². The van der Waals surface area contributed by atoms with Gasteiger partial charge in [-0.05, 0) is 29.5 Å². The van der Waals surface area contributed by atoms with Crippen LogP contribution in [0.1, 0.15) is 15.9 Å². The largest absolute Gasteiger partial charge is 0.478 e. The number of thioether (sulfide) groups is 1. The lowest BCUT2D eigenvalue weighted by Gasteiger charge is -2.17. The van der Waals surface area contributed by atoms with Gasteiger partial charge in [0.1, 0.15) is 0 Å². The number of benzene rings is 1. The van der Waals surface area contributed by atoms with Gasteiger partial charge < -0.3 is 10.0 Å². The normalized spacial score (nSPS) is 11.2. The summed E-state index contributed by atoms with van der Waals surface area (Å²) in [5.41, 5.74) is -3.68. The highest BCUT2D eigenvalue weighted by Gasteiger charge is 2.29. The van der Waals surface area contributed by atoms with Gasteiger partial charge in [-0.2, -0.15) is 13.2 Å². The highest BCUT2D eigenvalue weighted by molar-refractivity contribution is 8.00. The Bertz CT molecular complexity index is 488. The predicted molar refractivity (Wildman–Crippen MR) is 68.4 cm³/mol. The molecule has 1 N–H and O–H groups in total. The molecule has 1 aromatic rings. The Kier molecular flexibility index (Phi) is 5.43.